The lowest BCUT2D eigenvalue weighted by molar-refractivity contribution is -0.121. The molecule has 2 heterocycles. The molecule has 1 fully saturated rings. The van der Waals surface area contributed by atoms with Crippen LogP contribution in [0.25, 0.3) is 6.08 Å². The van der Waals surface area contributed by atoms with E-state index in [2.05, 4.69) is 10.6 Å². The number of hydrogen-bond acceptors (Lipinski definition) is 8. The van der Waals surface area contributed by atoms with Crippen molar-refractivity contribution in [1.82, 2.24) is 5.32 Å². The van der Waals surface area contributed by atoms with Crippen molar-refractivity contribution in [3.8, 4) is 17.2 Å². The number of anilines is 2. The van der Waals surface area contributed by atoms with Gasteiger partial charge in [0.2, 0.25) is 18.6 Å². The van der Waals surface area contributed by atoms with Crippen molar-refractivity contribution in [2.45, 2.75) is 16.6 Å². The average molecular weight is 656 g/mol. The molecule has 1 atom stereocenters. The van der Waals surface area contributed by atoms with Crippen LogP contribution in [0.15, 0.2) is 102 Å². The van der Waals surface area contributed by atoms with Crippen LogP contribution in [0.2, 0.25) is 5.02 Å². The number of benzene rings is 4. The molecule has 10 nitrogen and oxygen atoms in total. The molecule has 0 radical (unpaired) electrons. The van der Waals surface area contributed by atoms with Gasteiger partial charge in [0.1, 0.15) is 11.4 Å². The maximum atomic E-state index is 13.6. The highest BCUT2D eigenvalue weighted by Crippen LogP contribution is 2.37. The molecular weight excluding hydrogens is 630 g/mol. The van der Waals surface area contributed by atoms with Crippen molar-refractivity contribution >= 4 is 64.4 Å². The van der Waals surface area contributed by atoms with E-state index in [1.807, 2.05) is 0 Å². The molecule has 0 unspecified atom stereocenters. The number of fused-ring (bicyclic) bond motifs is 1. The summed E-state index contributed by atoms with van der Waals surface area (Å²) >= 11 is 7.44. The van der Waals surface area contributed by atoms with Gasteiger partial charge in [-0.2, -0.15) is 0 Å². The number of ether oxygens (including phenoxy) is 3. The molecule has 0 saturated carbocycles. The fourth-order valence-corrected chi connectivity index (χ4v) is 6.25. The normalized spacial score (nSPS) is 15.6. The molecule has 232 valence electrons. The van der Waals surface area contributed by atoms with Crippen molar-refractivity contribution in [1.29, 1.82) is 0 Å². The molecule has 4 aromatic carbocycles. The van der Waals surface area contributed by atoms with E-state index in [0.717, 1.165) is 4.90 Å². The number of hydrogen-bond donors (Lipinski definition) is 2. The molecule has 6 rings (SSSR count). The smallest absolute Gasteiger partial charge is 0.272 e. The molecule has 2 aliphatic heterocycles. The van der Waals surface area contributed by atoms with Gasteiger partial charge in [0, 0.05) is 22.6 Å². The highest BCUT2D eigenvalue weighted by molar-refractivity contribution is 8.00. The number of halogens is 1. The summed E-state index contributed by atoms with van der Waals surface area (Å²) in [5, 5.41) is 5.15. The summed E-state index contributed by atoms with van der Waals surface area (Å²) in [4.78, 5) is 54.5. The molecular formula is C34H26ClN3O7S. The molecule has 0 spiro atoms. The molecule has 2 N–H and O–H groups in total. The second-order valence-corrected chi connectivity index (χ2v) is 11.9. The minimum absolute atomic E-state index is 0.00231. The largest absolute Gasteiger partial charge is 0.495 e. The third-order valence-electron chi connectivity index (χ3n) is 7.11. The Labute approximate surface area is 273 Å². The molecule has 0 bridgehead atoms. The van der Waals surface area contributed by atoms with Crippen LogP contribution in [0.1, 0.15) is 22.3 Å². The van der Waals surface area contributed by atoms with E-state index in [0.29, 0.717) is 44.6 Å². The lowest BCUT2D eigenvalue weighted by Crippen LogP contribution is -2.31. The van der Waals surface area contributed by atoms with Crippen LogP contribution in [-0.2, 0) is 14.4 Å². The van der Waals surface area contributed by atoms with Crippen molar-refractivity contribution in [2.24, 2.45) is 0 Å². The van der Waals surface area contributed by atoms with Crippen LogP contribution < -0.4 is 29.7 Å². The quantitative estimate of drug-likeness (QED) is 0.169. The highest BCUT2D eigenvalue weighted by Gasteiger charge is 2.40. The molecule has 12 heteroatoms. The van der Waals surface area contributed by atoms with E-state index < -0.39 is 17.1 Å². The topological polar surface area (TPSA) is 123 Å². The first-order valence-electron chi connectivity index (χ1n) is 14.1. The van der Waals surface area contributed by atoms with Gasteiger partial charge in [-0.1, -0.05) is 41.9 Å². The number of methoxy groups -OCH3 is 1. The van der Waals surface area contributed by atoms with Gasteiger partial charge in [-0.05, 0) is 72.3 Å². The predicted octanol–water partition coefficient (Wildman–Crippen LogP) is 5.91. The summed E-state index contributed by atoms with van der Waals surface area (Å²) in [6.45, 7) is 0.101. The number of carbonyl (C=O) groups excluding carboxylic acids is 4. The lowest BCUT2D eigenvalue weighted by atomic mass is 10.1. The van der Waals surface area contributed by atoms with Crippen LogP contribution in [0.4, 0.5) is 11.4 Å². The molecule has 0 aromatic heterocycles. The monoisotopic (exact) mass is 655 g/mol. The number of amides is 4. The van der Waals surface area contributed by atoms with E-state index in [1.54, 1.807) is 91.0 Å². The number of imide groups is 1. The number of rotatable bonds is 9. The Kier molecular flexibility index (Phi) is 8.95. The van der Waals surface area contributed by atoms with Crippen molar-refractivity contribution in [3.63, 3.8) is 0 Å². The molecule has 0 aliphatic carbocycles. The highest BCUT2D eigenvalue weighted by atomic mass is 35.5. The molecule has 1 saturated heterocycles. The second kappa shape index (κ2) is 13.4. The standard InChI is InChI=1S/C34H26ClN3O7S/c1-43-27-13-11-23(17-25(27)35)38-31(39)18-30(34(38)42)46-24-9-5-8-22(16-24)36-33(41)26(37-32(40)21-6-3-2-4-7-21)14-20-10-12-28-29(15-20)45-19-44-28/h2-17,30H,18-19H2,1H3,(H,36,41)(H,37,40)/b26-14-/t30-/m0/s1. The van der Waals surface area contributed by atoms with Gasteiger partial charge < -0.3 is 24.8 Å². The molecule has 4 amide bonds. The van der Waals surface area contributed by atoms with Crippen LogP contribution in [0.3, 0.4) is 0 Å². The number of nitrogens with one attached hydrogen (secondary N) is 2. The summed E-state index contributed by atoms with van der Waals surface area (Å²) in [6.07, 6.45) is 1.54. The van der Waals surface area contributed by atoms with E-state index in [4.69, 9.17) is 25.8 Å². The van der Waals surface area contributed by atoms with Crippen LogP contribution in [0, 0.1) is 0 Å². The van der Waals surface area contributed by atoms with Gasteiger partial charge in [0.05, 0.1) is 23.1 Å². The first kappa shape index (κ1) is 30.8. The minimum atomic E-state index is -0.675. The lowest BCUT2D eigenvalue weighted by Gasteiger charge is -2.16. The second-order valence-electron chi connectivity index (χ2n) is 10.2. The SMILES string of the molecule is COc1ccc(N2C(=O)C[C@H](Sc3cccc(NC(=O)/C(=C/c4ccc5c(c4)OCO5)NC(=O)c4ccccc4)c3)C2=O)cc1Cl. The maximum absolute atomic E-state index is 13.6. The summed E-state index contributed by atoms with van der Waals surface area (Å²) in [6, 6.07) is 25.3. The van der Waals surface area contributed by atoms with Crippen molar-refractivity contribution < 1.29 is 33.4 Å². The summed E-state index contributed by atoms with van der Waals surface area (Å²) < 4.78 is 16.0. The van der Waals surface area contributed by atoms with Crippen LogP contribution in [-0.4, -0.2) is 42.8 Å². The van der Waals surface area contributed by atoms with Crippen molar-refractivity contribution in [3.05, 3.63) is 113 Å². The van der Waals surface area contributed by atoms with Gasteiger partial charge in [-0.15, -0.1) is 11.8 Å². The van der Waals surface area contributed by atoms with E-state index in [9.17, 15) is 19.2 Å². The third kappa shape index (κ3) is 6.70. The minimum Gasteiger partial charge on any atom is -0.495 e. The number of carbonyl (C=O) groups is 4. The Morgan fingerprint density at radius 1 is 0.957 bits per heavy atom. The summed E-state index contributed by atoms with van der Waals surface area (Å²) in [5.74, 6) is -0.199. The predicted molar refractivity (Wildman–Crippen MR) is 174 cm³/mol. The Balaban J connectivity index is 1.19. The molecule has 2 aliphatic rings. The Bertz CT molecular complexity index is 1880. The van der Waals surface area contributed by atoms with Gasteiger partial charge in [-0.3, -0.25) is 19.2 Å². The van der Waals surface area contributed by atoms with Gasteiger partial charge in [0.25, 0.3) is 11.8 Å². The number of nitrogens with zero attached hydrogens (tertiary/aromatic N) is 1. The number of thioether (sulfide) groups is 1. The molecule has 4 aromatic rings. The van der Waals surface area contributed by atoms with E-state index >= 15 is 0 Å². The third-order valence-corrected chi connectivity index (χ3v) is 8.58. The fourth-order valence-electron chi connectivity index (χ4n) is 4.88. The maximum Gasteiger partial charge on any atom is 0.272 e. The zero-order valence-electron chi connectivity index (χ0n) is 24.3. The molecule has 46 heavy (non-hydrogen) atoms. The first-order valence-corrected chi connectivity index (χ1v) is 15.3. The van der Waals surface area contributed by atoms with Gasteiger partial charge in [0.15, 0.2) is 11.5 Å². The van der Waals surface area contributed by atoms with Crippen molar-refractivity contribution in [2.75, 3.05) is 24.1 Å². The first-order chi connectivity index (χ1) is 22.3. The zero-order chi connectivity index (χ0) is 32.2. The van der Waals surface area contributed by atoms with Crippen LogP contribution in [0.5, 0.6) is 17.2 Å². The van der Waals surface area contributed by atoms with Gasteiger partial charge >= 0.3 is 0 Å². The average Bonchev–Trinajstić information content (AvgIpc) is 3.63. The Hall–Kier alpha value is -5.26. The van der Waals surface area contributed by atoms with Gasteiger partial charge in [-0.25, -0.2) is 4.90 Å². The summed E-state index contributed by atoms with van der Waals surface area (Å²) in [5.41, 5.74) is 1.78. The van der Waals surface area contributed by atoms with Crippen LogP contribution >= 0.6 is 23.4 Å². The fraction of sp³-hybridized carbons (Fsp3) is 0.118. The van der Waals surface area contributed by atoms with E-state index in [1.165, 1.54) is 24.9 Å². The Morgan fingerprint density at radius 3 is 2.54 bits per heavy atom. The van der Waals surface area contributed by atoms with E-state index in [-0.39, 0.29) is 35.7 Å². The summed E-state index contributed by atoms with van der Waals surface area (Å²) in [7, 11) is 1.48. The Morgan fingerprint density at radius 2 is 1.76 bits per heavy atom. The zero-order valence-corrected chi connectivity index (χ0v) is 25.9.